The number of anilines is 2. The van der Waals surface area contributed by atoms with Gasteiger partial charge in [-0.15, -0.1) is 0 Å². The molecular formula is C24H22N6O. The number of nitrogens with zero attached hydrogens (tertiary/aromatic N) is 4. The highest BCUT2D eigenvalue weighted by molar-refractivity contribution is 5.99. The molecule has 2 atom stereocenters. The van der Waals surface area contributed by atoms with E-state index in [9.17, 15) is 4.79 Å². The zero-order valence-corrected chi connectivity index (χ0v) is 17.6. The molecule has 0 saturated heterocycles. The molecule has 7 nitrogen and oxygen atoms in total. The Hall–Kier alpha value is -3.92. The third-order valence-corrected chi connectivity index (χ3v) is 5.79. The fraction of sp³-hybridized carbons (Fsp3) is 0.250. The van der Waals surface area contributed by atoms with Crippen LogP contribution in [0.25, 0.3) is 21.7 Å². The van der Waals surface area contributed by atoms with Gasteiger partial charge in [0, 0.05) is 54.1 Å². The second-order valence-corrected chi connectivity index (χ2v) is 7.99. The average molecular weight is 410 g/mol. The molecule has 7 heteroatoms. The Morgan fingerprint density at radius 1 is 1.13 bits per heavy atom. The van der Waals surface area contributed by atoms with E-state index in [4.69, 9.17) is 0 Å². The number of aryl methyl sites for hydroxylation is 1. The van der Waals surface area contributed by atoms with E-state index in [-0.39, 0.29) is 11.8 Å². The van der Waals surface area contributed by atoms with Gasteiger partial charge < -0.3 is 10.6 Å². The van der Waals surface area contributed by atoms with Gasteiger partial charge >= 0.3 is 0 Å². The smallest absolute Gasteiger partial charge is 0.228 e. The van der Waals surface area contributed by atoms with Crippen molar-refractivity contribution in [2.75, 3.05) is 17.7 Å². The zero-order valence-electron chi connectivity index (χ0n) is 17.6. The van der Waals surface area contributed by atoms with Gasteiger partial charge in [-0.25, -0.2) is 9.97 Å². The summed E-state index contributed by atoms with van der Waals surface area (Å²) in [6, 6.07) is 7.90. The molecule has 31 heavy (non-hydrogen) atoms. The highest BCUT2D eigenvalue weighted by Gasteiger charge is 2.39. The van der Waals surface area contributed by atoms with Crippen LogP contribution in [0.4, 0.5) is 11.6 Å². The molecule has 4 aromatic rings. The second kappa shape index (κ2) is 7.40. The van der Waals surface area contributed by atoms with Crippen molar-refractivity contribution in [3.05, 3.63) is 54.0 Å². The first-order valence-electron chi connectivity index (χ1n) is 10.2. The van der Waals surface area contributed by atoms with Crippen LogP contribution >= 0.6 is 0 Å². The van der Waals surface area contributed by atoms with Crippen LogP contribution in [0.1, 0.15) is 24.5 Å². The summed E-state index contributed by atoms with van der Waals surface area (Å²) >= 11 is 0. The number of amides is 1. The van der Waals surface area contributed by atoms with E-state index in [0.29, 0.717) is 11.7 Å². The molecule has 3 aromatic heterocycles. The first-order chi connectivity index (χ1) is 15.0. The van der Waals surface area contributed by atoms with E-state index in [1.54, 1.807) is 12.4 Å². The van der Waals surface area contributed by atoms with E-state index in [2.05, 4.69) is 44.5 Å². The molecule has 1 aromatic carbocycles. The van der Waals surface area contributed by atoms with E-state index < -0.39 is 0 Å². The van der Waals surface area contributed by atoms with E-state index in [1.807, 2.05) is 49.2 Å². The molecular weight excluding hydrogens is 388 g/mol. The predicted octanol–water partition coefficient (Wildman–Crippen LogP) is 3.55. The molecule has 5 rings (SSSR count). The zero-order chi connectivity index (χ0) is 21.5. The summed E-state index contributed by atoms with van der Waals surface area (Å²) in [5.41, 5.74) is 2.74. The first kappa shape index (κ1) is 19.1. The van der Waals surface area contributed by atoms with Crippen LogP contribution in [-0.4, -0.2) is 32.7 Å². The number of pyridine rings is 2. The molecule has 1 fully saturated rings. The van der Waals surface area contributed by atoms with Gasteiger partial charge in [-0.1, -0.05) is 18.8 Å². The summed E-state index contributed by atoms with van der Waals surface area (Å²) < 4.78 is 1.84. The van der Waals surface area contributed by atoms with Gasteiger partial charge in [0.15, 0.2) is 0 Å². The minimum Gasteiger partial charge on any atom is -0.373 e. The van der Waals surface area contributed by atoms with E-state index in [1.165, 1.54) is 0 Å². The Kier molecular flexibility index (Phi) is 4.55. The fourth-order valence-corrected chi connectivity index (χ4v) is 3.79. The Morgan fingerprint density at radius 2 is 1.97 bits per heavy atom. The number of aromatic nitrogens is 4. The van der Waals surface area contributed by atoms with Crippen LogP contribution in [0.2, 0.25) is 0 Å². The number of carbonyl (C=O) groups excluding carboxylic acids is 1. The van der Waals surface area contributed by atoms with Crippen molar-refractivity contribution >= 4 is 39.2 Å². The van der Waals surface area contributed by atoms with Crippen LogP contribution in [0, 0.1) is 23.7 Å². The number of carbonyl (C=O) groups is 1. The van der Waals surface area contributed by atoms with E-state index in [0.717, 1.165) is 45.0 Å². The molecule has 0 unspecified atom stereocenters. The van der Waals surface area contributed by atoms with Crippen molar-refractivity contribution in [2.45, 2.75) is 13.3 Å². The van der Waals surface area contributed by atoms with Gasteiger partial charge in [0.1, 0.15) is 11.6 Å². The number of nitrogens with one attached hydrogen (secondary N) is 2. The molecule has 0 spiro atoms. The van der Waals surface area contributed by atoms with Crippen molar-refractivity contribution in [1.29, 1.82) is 0 Å². The first-order valence-corrected chi connectivity index (χ1v) is 10.2. The number of fused-ring (bicyclic) bond motifs is 2. The Bertz CT molecular complexity index is 1390. The highest BCUT2D eigenvalue weighted by atomic mass is 16.2. The van der Waals surface area contributed by atoms with Gasteiger partial charge in [0.25, 0.3) is 0 Å². The standard InChI is InChI=1S/C24H22N6O/c1-14-8-18(14)24(31)29-22-10-19-16(11-27-23(25-2)20(19)13-26-22)6-4-15-5-7-21-17(9-15)12-28-30(21)3/h5,7,9-14,18H,8H2,1-3H3,(H,25,27)(H,26,29,31)/t14-,18+/m1/s1. The minimum absolute atomic E-state index is 0.0275. The maximum Gasteiger partial charge on any atom is 0.228 e. The minimum atomic E-state index is 0.0275. The van der Waals surface area contributed by atoms with Crippen molar-refractivity contribution in [2.24, 2.45) is 18.9 Å². The van der Waals surface area contributed by atoms with Gasteiger partial charge in [0.05, 0.1) is 17.3 Å². The van der Waals surface area contributed by atoms with Crippen molar-refractivity contribution < 1.29 is 4.79 Å². The largest absolute Gasteiger partial charge is 0.373 e. The molecule has 1 amide bonds. The van der Waals surface area contributed by atoms with Gasteiger partial charge in [-0.2, -0.15) is 5.10 Å². The molecule has 0 radical (unpaired) electrons. The van der Waals surface area contributed by atoms with Gasteiger partial charge in [0.2, 0.25) is 5.91 Å². The van der Waals surface area contributed by atoms with Crippen LogP contribution < -0.4 is 10.6 Å². The summed E-state index contributed by atoms with van der Waals surface area (Å²) in [7, 11) is 3.74. The topological polar surface area (TPSA) is 84.7 Å². The van der Waals surface area contributed by atoms with Crippen molar-refractivity contribution in [3.8, 4) is 11.8 Å². The molecule has 1 saturated carbocycles. The average Bonchev–Trinajstić information content (AvgIpc) is 3.41. The lowest BCUT2D eigenvalue weighted by atomic mass is 10.1. The summed E-state index contributed by atoms with van der Waals surface area (Å²) in [5.74, 6) is 8.28. The Balaban J connectivity index is 1.53. The molecule has 3 heterocycles. The molecule has 2 N–H and O–H groups in total. The third-order valence-electron chi connectivity index (χ3n) is 5.79. The highest BCUT2D eigenvalue weighted by Crippen LogP contribution is 2.38. The lowest BCUT2D eigenvalue weighted by Gasteiger charge is -2.09. The van der Waals surface area contributed by atoms with Crippen LogP contribution in [0.3, 0.4) is 0 Å². The fourth-order valence-electron chi connectivity index (χ4n) is 3.79. The van der Waals surface area contributed by atoms with Crippen LogP contribution in [-0.2, 0) is 11.8 Å². The van der Waals surface area contributed by atoms with Crippen LogP contribution in [0.15, 0.2) is 42.9 Å². The van der Waals surface area contributed by atoms with Gasteiger partial charge in [-0.3, -0.25) is 9.48 Å². The third kappa shape index (κ3) is 3.57. The van der Waals surface area contributed by atoms with Crippen LogP contribution in [0.5, 0.6) is 0 Å². The molecule has 0 aliphatic heterocycles. The number of hydrogen-bond acceptors (Lipinski definition) is 5. The molecule has 1 aliphatic carbocycles. The Labute approximate surface area is 179 Å². The molecule has 154 valence electrons. The lowest BCUT2D eigenvalue weighted by Crippen LogP contribution is -2.15. The van der Waals surface area contributed by atoms with E-state index >= 15 is 0 Å². The summed E-state index contributed by atoms with van der Waals surface area (Å²) in [6.45, 7) is 2.08. The monoisotopic (exact) mass is 410 g/mol. The summed E-state index contributed by atoms with van der Waals surface area (Å²) in [5, 5.41) is 13.1. The quantitative estimate of drug-likeness (QED) is 0.505. The van der Waals surface area contributed by atoms with Crippen molar-refractivity contribution in [3.63, 3.8) is 0 Å². The maximum absolute atomic E-state index is 12.3. The Morgan fingerprint density at radius 3 is 2.74 bits per heavy atom. The molecule has 0 bridgehead atoms. The SMILES string of the molecule is CNc1ncc(C#Cc2ccc3c(cnn3C)c2)c2cc(NC(=O)[C@H]3C[C@H]3C)ncc12. The lowest BCUT2D eigenvalue weighted by molar-refractivity contribution is -0.117. The van der Waals surface area contributed by atoms with Crippen molar-refractivity contribution in [1.82, 2.24) is 19.7 Å². The summed E-state index contributed by atoms with van der Waals surface area (Å²) in [4.78, 5) is 21.2. The maximum atomic E-state index is 12.3. The second-order valence-electron chi connectivity index (χ2n) is 7.99. The number of benzene rings is 1. The number of rotatable bonds is 3. The predicted molar refractivity (Wildman–Crippen MR) is 122 cm³/mol. The number of hydrogen-bond donors (Lipinski definition) is 2. The molecule has 1 aliphatic rings. The summed E-state index contributed by atoms with van der Waals surface area (Å²) in [6.07, 6.45) is 6.25. The normalized spacial score (nSPS) is 17.3. The van der Waals surface area contributed by atoms with Gasteiger partial charge in [-0.05, 0) is 36.6 Å².